The first-order chi connectivity index (χ1) is 13.4. The van der Waals surface area contributed by atoms with E-state index in [4.69, 9.17) is 14.2 Å². The molecule has 2 aliphatic carbocycles. The van der Waals surface area contributed by atoms with Crippen molar-refractivity contribution < 1.29 is 19.0 Å². The van der Waals surface area contributed by atoms with E-state index in [1.54, 1.807) is 14.0 Å². The Morgan fingerprint density at radius 1 is 1.25 bits per heavy atom. The molecule has 1 heterocycles. The molecule has 1 aromatic rings. The smallest absolute Gasteiger partial charge is 0.217 e. The number of hydrogen-bond donors (Lipinski definition) is 1. The van der Waals surface area contributed by atoms with Gasteiger partial charge in [-0.3, -0.25) is 4.79 Å². The minimum atomic E-state index is 0.0827. The molecule has 1 saturated heterocycles. The Hall–Kier alpha value is -1.59. The molecule has 1 N–H and O–H groups in total. The van der Waals surface area contributed by atoms with Gasteiger partial charge in [0.25, 0.3) is 0 Å². The Kier molecular flexibility index (Phi) is 5.17. The summed E-state index contributed by atoms with van der Waals surface area (Å²) in [5, 5.41) is 3.34. The van der Waals surface area contributed by atoms with E-state index in [1.807, 2.05) is 12.1 Å². The molecule has 5 heteroatoms. The molecule has 1 unspecified atom stereocenters. The minimum absolute atomic E-state index is 0.0827. The lowest BCUT2D eigenvalue weighted by Crippen LogP contribution is -2.58. The average Bonchev–Trinajstić information content (AvgIpc) is 3.15. The van der Waals surface area contributed by atoms with Gasteiger partial charge in [-0.1, -0.05) is 26.0 Å². The number of rotatable bonds is 6. The van der Waals surface area contributed by atoms with E-state index in [0.29, 0.717) is 25.0 Å². The lowest BCUT2D eigenvalue weighted by atomic mass is 9.59. The number of carbonyl (C=O) groups is 1. The lowest BCUT2D eigenvalue weighted by molar-refractivity contribution is -0.136. The van der Waals surface area contributed by atoms with Gasteiger partial charge < -0.3 is 19.5 Å². The summed E-state index contributed by atoms with van der Waals surface area (Å²) in [6.45, 7) is 8.20. The van der Waals surface area contributed by atoms with E-state index < -0.39 is 0 Å². The number of carbonyl (C=O) groups excluding carboxylic acids is 1. The van der Waals surface area contributed by atoms with Gasteiger partial charge in [-0.05, 0) is 59.6 Å². The highest BCUT2D eigenvalue weighted by atomic mass is 16.5. The van der Waals surface area contributed by atoms with Crippen molar-refractivity contribution in [2.24, 2.45) is 22.7 Å². The first kappa shape index (κ1) is 19.7. The number of nitrogens with one attached hydrogen (secondary N) is 1. The van der Waals surface area contributed by atoms with Crippen molar-refractivity contribution in [3.8, 4) is 5.75 Å². The fourth-order valence-electron chi connectivity index (χ4n) is 6.32. The summed E-state index contributed by atoms with van der Waals surface area (Å²) < 4.78 is 17.0. The Labute approximate surface area is 168 Å². The van der Waals surface area contributed by atoms with Crippen LogP contribution in [0.1, 0.15) is 51.7 Å². The van der Waals surface area contributed by atoms with Crippen molar-refractivity contribution in [1.29, 1.82) is 0 Å². The van der Waals surface area contributed by atoms with E-state index in [-0.39, 0.29) is 28.9 Å². The van der Waals surface area contributed by atoms with E-state index in [2.05, 4.69) is 31.3 Å². The maximum absolute atomic E-state index is 12.0. The maximum Gasteiger partial charge on any atom is 0.217 e. The second kappa shape index (κ2) is 7.34. The number of amides is 1. The van der Waals surface area contributed by atoms with Gasteiger partial charge in [0.1, 0.15) is 12.4 Å². The van der Waals surface area contributed by atoms with E-state index in [1.165, 1.54) is 18.4 Å². The van der Waals surface area contributed by atoms with Crippen LogP contribution in [0.2, 0.25) is 0 Å². The molecule has 3 fully saturated rings. The van der Waals surface area contributed by atoms with Crippen LogP contribution in [-0.2, 0) is 14.3 Å². The summed E-state index contributed by atoms with van der Waals surface area (Å²) in [4.78, 5) is 12.0. The van der Waals surface area contributed by atoms with Gasteiger partial charge in [0.15, 0.2) is 0 Å². The Bertz CT molecular complexity index is 716. The van der Waals surface area contributed by atoms with Crippen LogP contribution in [0.4, 0.5) is 0 Å². The molecule has 1 aromatic carbocycles. The fraction of sp³-hybridized carbons (Fsp3) is 0.696. The Balaban J connectivity index is 1.56. The number of methoxy groups -OCH3 is 1. The van der Waals surface area contributed by atoms with Crippen molar-refractivity contribution in [1.82, 2.24) is 5.32 Å². The number of hydrogen-bond acceptors (Lipinski definition) is 4. The van der Waals surface area contributed by atoms with Crippen LogP contribution in [0.15, 0.2) is 24.3 Å². The van der Waals surface area contributed by atoms with Crippen LogP contribution in [0.25, 0.3) is 0 Å². The summed E-state index contributed by atoms with van der Waals surface area (Å²) in [5.74, 6) is 2.03. The van der Waals surface area contributed by atoms with Gasteiger partial charge in [0.2, 0.25) is 5.91 Å². The standard InChI is InChI=1S/C23H33NO4/c1-15(25)24-21-22(2,3)17-13-19-20(28-10-9-23(19,21)14-17)16-5-7-18(8-6-16)27-12-11-26-4/h5-8,17,19-21H,9-14H2,1-4H3,(H,24,25)/t17-,19-,20-,21-,23?/m1/s1. The second-order valence-corrected chi connectivity index (χ2v) is 9.38. The molecule has 4 rings (SSSR count). The third kappa shape index (κ3) is 3.13. The molecule has 2 bridgehead atoms. The highest BCUT2D eigenvalue weighted by Gasteiger charge is 2.68. The topological polar surface area (TPSA) is 56.8 Å². The summed E-state index contributed by atoms with van der Waals surface area (Å²) >= 11 is 0. The van der Waals surface area contributed by atoms with Gasteiger partial charge >= 0.3 is 0 Å². The lowest BCUT2D eigenvalue weighted by Gasteiger charge is -2.53. The van der Waals surface area contributed by atoms with Crippen LogP contribution in [0, 0.1) is 22.7 Å². The maximum atomic E-state index is 12.0. The van der Waals surface area contributed by atoms with Crippen LogP contribution < -0.4 is 10.1 Å². The minimum Gasteiger partial charge on any atom is -0.491 e. The van der Waals surface area contributed by atoms with Crippen molar-refractivity contribution in [2.45, 2.75) is 52.2 Å². The molecule has 0 aromatic heterocycles. The van der Waals surface area contributed by atoms with E-state index in [0.717, 1.165) is 18.8 Å². The van der Waals surface area contributed by atoms with Crippen LogP contribution in [-0.4, -0.2) is 38.9 Å². The molecular weight excluding hydrogens is 354 g/mol. The zero-order valence-corrected chi connectivity index (χ0v) is 17.5. The second-order valence-electron chi connectivity index (χ2n) is 9.38. The summed E-state index contributed by atoms with van der Waals surface area (Å²) in [5.41, 5.74) is 1.51. The summed E-state index contributed by atoms with van der Waals surface area (Å²) in [6.07, 6.45) is 3.52. The van der Waals surface area contributed by atoms with Crippen LogP contribution >= 0.6 is 0 Å². The monoisotopic (exact) mass is 387 g/mol. The zero-order chi connectivity index (χ0) is 19.9. The van der Waals surface area contributed by atoms with Crippen molar-refractivity contribution in [3.05, 3.63) is 29.8 Å². The van der Waals surface area contributed by atoms with Gasteiger partial charge in [0.05, 0.1) is 12.7 Å². The number of benzene rings is 1. The first-order valence-corrected chi connectivity index (χ1v) is 10.5. The Morgan fingerprint density at radius 3 is 2.68 bits per heavy atom. The highest BCUT2D eigenvalue weighted by molar-refractivity contribution is 5.73. The van der Waals surface area contributed by atoms with Crippen LogP contribution in [0.3, 0.4) is 0 Å². The van der Waals surface area contributed by atoms with Gasteiger partial charge in [0, 0.05) is 26.7 Å². The highest BCUT2D eigenvalue weighted by Crippen LogP contribution is 2.70. The number of fused-ring (bicyclic) bond motifs is 1. The van der Waals surface area contributed by atoms with Crippen molar-refractivity contribution in [3.63, 3.8) is 0 Å². The molecule has 5 nitrogen and oxygen atoms in total. The van der Waals surface area contributed by atoms with Gasteiger partial charge in [-0.2, -0.15) is 0 Å². The molecule has 3 aliphatic rings. The zero-order valence-electron chi connectivity index (χ0n) is 17.5. The average molecular weight is 388 g/mol. The normalized spacial score (nSPS) is 35.4. The van der Waals surface area contributed by atoms with Gasteiger partial charge in [-0.15, -0.1) is 0 Å². The molecular formula is C23H33NO4. The molecule has 1 aliphatic heterocycles. The number of ether oxygens (including phenoxy) is 3. The Morgan fingerprint density at radius 2 is 2.00 bits per heavy atom. The molecule has 5 atom stereocenters. The SMILES string of the molecule is COCCOc1ccc([C@H]2OCCC34C[C@@H](C[C@H]23)C(C)(C)[C@H]4NC(C)=O)cc1. The van der Waals surface area contributed by atoms with Crippen molar-refractivity contribution in [2.75, 3.05) is 26.9 Å². The molecule has 1 spiro atoms. The predicted molar refractivity (Wildman–Crippen MR) is 107 cm³/mol. The summed E-state index contributed by atoms with van der Waals surface area (Å²) in [7, 11) is 1.67. The summed E-state index contributed by atoms with van der Waals surface area (Å²) in [6, 6.07) is 8.55. The third-order valence-electron chi connectivity index (χ3n) is 7.62. The molecule has 1 amide bonds. The molecule has 28 heavy (non-hydrogen) atoms. The quantitative estimate of drug-likeness (QED) is 0.756. The predicted octanol–water partition coefficient (Wildman–Crippen LogP) is 3.73. The van der Waals surface area contributed by atoms with E-state index in [9.17, 15) is 4.79 Å². The fourth-order valence-corrected chi connectivity index (χ4v) is 6.32. The molecule has 154 valence electrons. The molecule has 0 radical (unpaired) electrons. The van der Waals surface area contributed by atoms with Crippen molar-refractivity contribution >= 4 is 5.91 Å². The first-order valence-electron chi connectivity index (χ1n) is 10.5. The third-order valence-corrected chi connectivity index (χ3v) is 7.62. The van der Waals surface area contributed by atoms with Gasteiger partial charge in [-0.25, -0.2) is 0 Å². The van der Waals surface area contributed by atoms with E-state index >= 15 is 0 Å². The molecule has 2 saturated carbocycles. The largest absolute Gasteiger partial charge is 0.491 e. The van der Waals surface area contributed by atoms with Crippen LogP contribution in [0.5, 0.6) is 5.75 Å².